The van der Waals surface area contributed by atoms with Gasteiger partial charge in [-0.2, -0.15) is 18.4 Å². The Labute approximate surface area is 94.8 Å². The van der Waals surface area contributed by atoms with Gasteiger partial charge < -0.3 is 5.73 Å². The van der Waals surface area contributed by atoms with Gasteiger partial charge in [0, 0.05) is 0 Å². The van der Waals surface area contributed by atoms with Crippen LogP contribution < -0.4 is 11.1 Å². The van der Waals surface area contributed by atoms with E-state index in [0.29, 0.717) is 0 Å². The minimum Gasteiger partial charge on any atom is -0.369 e. The van der Waals surface area contributed by atoms with Crippen molar-refractivity contribution in [3.05, 3.63) is 23.5 Å². The normalized spacial score (nSPS) is 12.1. The third-order valence-electron chi connectivity index (χ3n) is 1.77. The number of alkyl halides is 3. The molecule has 0 saturated carbocycles. The number of guanidine groups is 1. The van der Waals surface area contributed by atoms with E-state index in [2.05, 4.69) is 9.98 Å². The predicted molar refractivity (Wildman–Crippen MR) is 54.0 cm³/mol. The second-order valence-corrected chi connectivity index (χ2v) is 3.03. The summed E-state index contributed by atoms with van der Waals surface area (Å²) in [5.74, 6) is -0.211. The van der Waals surface area contributed by atoms with Gasteiger partial charge in [-0.05, 0) is 19.1 Å². The maximum absolute atomic E-state index is 12.3. The molecule has 5 nitrogen and oxygen atoms in total. The van der Waals surface area contributed by atoms with E-state index < -0.39 is 11.9 Å². The third kappa shape index (κ3) is 3.34. The lowest BCUT2D eigenvalue weighted by molar-refractivity contribution is -0.141. The molecular weight excluding hydrogens is 235 g/mol. The molecule has 90 valence electrons. The van der Waals surface area contributed by atoms with Crippen molar-refractivity contribution in [1.29, 1.82) is 5.26 Å². The van der Waals surface area contributed by atoms with E-state index >= 15 is 0 Å². The Kier molecular flexibility index (Phi) is 3.52. The zero-order valence-corrected chi connectivity index (χ0v) is 8.71. The third-order valence-corrected chi connectivity index (χ3v) is 1.77. The van der Waals surface area contributed by atoms with Crippen molar-refractivity contribution in [3.8, 4) is 6.19 Å². The number of nitrogens with two attached hydrogens (primary N) is 1. The highest BCUT2D eigenvalue weighted by Crippen LogP contribution is 2.29. The Morgan fingerprint density at radius 2 is 2.18 bits per heavy atom. The van der Waals surface area contributed by atoms with Gasteiger partial charge >= 0.3 is 6.18 Å². The van der Waals surface area contributed by atoms with Crippen LogP contribution in [0.25, 0.3) is 0 Å². The van der Waals surface area contributed by atoms with Gasteiger partial charge in [-0.1, -0.05) is 0 Å². The van der Waals surface area contributed by atoms with Gasteiger partial charge in [0.25, 0.3) is 0 Å². The summed E-state index contributed by atoms with van der Waals surface area (Å²) in [4.78, 5) is 7.06. The van der Waals surface area contributed by atoms with Crippen molar-refractivity contribution in [2.75, 3.05) is 0 Å². The predicted octanol–water partition coefficient (Wildman–Crippen LogP) is 1.43. The van der Waals surface area contributed by atoms with E-state index in [9.17, 15) is 13.2 Å². The van der Waals surface area contributed by atoms with Crippen LogP contribution in [0.15, 0.2) is 17.1 Å². The van der Waals surface area contributed by atoms with E-state index in [4.69, 9.17) is 11.0 Å². The van der Waals surface area contributed by atoms with E-state index in [1.165, 1.54) is 13.1 Å². The molecule has 0 radical (unpaired) electrons. The van der Waals surface area contributed by atoms with Gasteiger partial charge in [0.2, 0.25) is 5.96 Å². The van der Waals surface area contributed by atoms with E-state index in [-0.39, 0.29) is 17.3 Å². The van der Waals surface area contributed by atoms with E-state index in [0.717, 1.165) is 12.1 Å². The Balaban J connectivity index is 3.08. The minimum absolute atomic E-state index is 0.0718. The SMILES string of the molecule is Cc1nc(C(F)(F)F)ccc1N=C(N)NC#N. The summed E-state index contributed by atoms with van der Waals surface area (Å²) in [5.41, 5.74) is 4.51. The van der Waals surface area contributed by atoms with Gasteiger partial charge in [0.1, 0.15) is 5.69 Å². The number of hydrogen-bond acceptors (Lipinski definition) is 3. The van der Waals surface area contributed by atoms with Crippen LogP contribution >= 0.6 is 0 Å². The van der Waals surface area contributed by atoms with Crippen molar-refractivity contribution in [2.24, 2.45) is 10.7 Å². The zero-order chi connectivity index (χ0) is 13.1. The number of pyridine rings is 1. The molecule has 1 aromatic heterocycles. The highest BCUT2D eigenvalue weighted by Gasteiger charge is 2.32. The standard InChI is InChI=1S/C9H8F3N5/c1-5-6(17-8(14)15-4-13)2-3-7(16-5)9(10,11)12/h2-3H,1H3,(H3,14,15,17). The number of halogens is 3. The lowest BCUT2D eigenvalue weighted by atomic mass is 10.2. The van der Waals surface area contributed by atoms with Gasteiger partial charge in [-0.3, -0.25) is 5.32 Å². The molecule has 1 heterocycles. The van der Waals surface area contributed by atoms with Crippen LogP contribution in [0.4, 0.5) is 18.9 Å². The molecule has 0 aliphatic rings. The Morgan fingerprint density at radius 1 is 1.53 bits per heavy atom. The number of aliphatic imine (C=N–C) groups is 1. The quantitative estimate of drug-likeness (QED) is 0.338. The summed E-state index contributed by atoms with van der Waals surface area (Å²) < 4.78 is 36.9. The summed E-state index contributed by atoms with van der Waals surface area (Å²) >= 11 is 0. The molecule has 17 heavy (non-hydrogen) atoms. The molecular formula is C9H8F3N5. The Morgan fingerprint density at radius 3 is 2.65 bits per heavy atom. The monoisotopic (exact) mass is 243 g/mol. The van der Waals surface area contributed by atoms with Crippen LogP contribution in [0.1, 0.15) is 11.4 Å². The maximum atomic E-state index is 12.3. The fourth-order valence-electron chi connectivity index (χ4n) is 1.04. The average Bonchev–Trinajstić information content (AvgIpc) is 2.20. The van der Waals surface area contributed by atoms with Crippen LogP contribution in [-0.4, -0.2) is 10.9 Å². The molecule has 1 aromatic rings. The molecule has 0 fully saturated rings. The second-order valence-electron chi connectivity index (χ2n) is 3.03. The first-order chi connectivity index (χ1) is 7.84. The molecule has 0 aliphatic carbocycles. The van der Waals surface area contributed by atoms with Crippen molar-refractivity contribution in [2.45, 2.75) is 13.1 Å². The molecule has 0 amide bonds. The number of aryl methyl sites for hydroxylation is 1. The fraction of sp³-hybridized carbons (Fsp3) is 0.222. The smallest absolute Gasteiger partial charge is 0.369 e. The largest absolute Gasteiger partial charge is 0.433 e. The van der Waals surface area contributed by atoms with Crippen molar-refractivity contribution >= 4 is 11.6 Å². The van der Waals surface area contributed by atoms with Crippen LogP contribution in [0, 0.1) is 18.4 Å². The van der Waals surface area contributed by atoms with E-state index in [1.54, 1.807) is 0 Å². The van der Waals surface area contributed by atoms with Gasteiger partial charge in [-0.15, -0.1) is 0 Å². The highest BCUT2D eigenvalue weighted by atomic mass is 19.4. The first-order valence-corrected chi connectivity index (χ1v) is 4.38. The molecule has 0 saturated heterocycles. The summed E-state index contributed by atoms with van der Waals surface area (Å²) in [7, 11) is 0. The molecule has 0 aromatic carbocycles. The lowest BCUT2D eigenvalue weighted by Gasteiger charge is -2.07. The number of rotatable bonds is 1. The molecule has 0 aliphatic heterocycles. The molecule has 0 bridgehead atoms. The number of nitriles is 1. The first kappa shape index (κ1) is 12.8. The van der Waals surface area contributed by atoms with Crippen LogP contribution in [0.3, 0.4) is 0 Å². The summed E-state index contributed by atoms with van der Waals surface area (Å²) in [6.45, 7) is 1.37. The minimum atomic E-state index is -4.50. The average molecular weight is 243 g/mol. The molecule has 3 N–H and O–H groups in total. The first-order valence-electron chi connectivity index (χ1n) is 4.38. The lowest BCUT2D eigenvalue weighted by Crippen LogP contribution is -2.26. The van der Waals surface area contributed by atoms with Crippen molar-refractivity contribution in [1.82, 2.24) is 10.3 Å². The fourth-order valence-corrected chi connectivity index (χ4v) is 1.04. The highest BCUT2D eigenvalue weighted by molar-refractivity contribution is 5.82. The molecule has 0 unspecified atom stereocenters. The number of hydrogen-bond donors (Lipinski definition) is 2. The molecule has 1 rings (SSSR count). The topological polar surface area (TPSA) is 87.1 Å². The van der Waals surface area contributed by atoms with Gasteiger partial charge in [-0.25, -0.2) is 9.98 Å². The second kappa shape index (κ2) is 4.69. The molecule has 0 atom stereocenters. The van der Waals surface area contributed by atoms with Gasteiger partial charge in [0.15, 0.2) is 6.19 Å². The molecule has 0 spiro atoms. The van der Waals surface area contributed by atoms with Crippen LogP contribution in [0.5, 0.6) is 0 Å². The number of nitrogens with one attached hydrogen (secondary N) is 1. The number of nitrogens with zero attached hydrogens (tertiary/aromatic N) is 3. The van der Waals surface area contributed by atoms with Crippen LogP contribution in [0.2, 0.25) is 0 Å². The van der Waals surface area contributed by atoms with Crippen molar-refractivity contribution < 1.29 is 13.2 Å². The van der Waals surface area contributed by atoms with Crippen molar-refractivity contribution in [3.63, 3.8) is 0 Å². The zero-order valence-electron chi connectivity index (χ0n) is 8.71. The van der Waals surface area contributed by atoms with Crippen LogP contribution in [-0.2, 0) is 6.18 Å². The number of aromatic nitrogens is 1. The summed E-state index contributed by atoms with van der Waals surface area (Å²) in [5, 5.41) is 10.3. The molecule has 8 heteroatoms. The van der Waals surface area contributed by atoms with Gasteiger partial charge in [0.05, 0.1) is 11.4 Å². The summed E-state index contributed by atoms with van der Waals surface area (Å²) in [6, 6.07) is 1.93. The Hall–Kier alpha value is -2.30. The maximum Gasteiger partial charge on any atom is 0.433 e. The Bertz CT molecular complexity index is 486. The summed E-state index contributed by atoms with van der Waals surface area (Å²) in [6.07, 6.45) is -2.96. The van der Waals surface area contributed by atoms with E-state index in [1.807, 2.05) is 5.32 Å².